The summed E-state index contributed by atoms with van der Waals surface area (Å²) in [6.07, 6.45) is 0.989. The summed E-state index contributed by atoms with van der Waals surface area (Å²) in [5, 5.41) is 17.6. The number of hydrogen-bond donors (Lipinski definition) is 2. The normalized spacial score (nSPS) is 19.2. The standard InChI is InChI=1S/C26H26N2O6/c1-13-23-24(15-5-7-18(29)21(12-15)32-3)25-17(27-26(23)34-28-13)9-16(10-19(25)30)14-6-8-20(31-2)22(11-14)33-4/h5-8,11-12,16,24,27,29H,9-10H2,1-4H3/t16-,24-/m1/s1. The number of carbonyl (C=O) groups is 1. The second-order valence-corrected chi connectivity index (χ2v) is 8.54. The molecule has 0 unspecified atom stereocenters. The molecule has 1 aliphatic heterocycles. The zero-order valence-electron chi connectivity index (χ0n) is 19.5. The summed E-state index contributed by atoms with van der Waals surface area (Å²) in [7, 11) is 4.70. The monoisotopic (exact) mass is 462 g/mol. The molecule has 3 aromatic rings. The molecule has 8 nitrogen and oxygen atoms in total. The van der Waals surface area contributed by atoms with Gasteiger partial charge in [-0.2, -0.15) is 0 Å². The molecule has 2 N–H and O–H groups in total. The van der Waals surface area contributed by atoms with Crippen molar-refractivity contribution >= 4 is 11.7 Å². The van der Waals surface area contributed by atoms with Crippen LogP contribution in [0, 0.1) is 6.92 Å². The average Bonchev–Trinajstić information content (AvgIpc) is 3.22. The van der Waals surface area contributed by atoms with Crippen molar-refractivity contribution in [1.29, 1.82) is 0 Å². The van der Waals surface area contributed by atoms with Gasteiger partial charge >= 0.3 is 0 Å². The Labute approximate surface area is 197 Å². The molecule has 2 aromatic carbocycles. The molecule has 34 heavy (non-hydrogen) atoms. The number of carbonyl (C=O) groups excluding carboxylic acids is 1. The maximum Gasteiger partial charge on any atom is 0.233 e. The molecule has 8 heteroatoms. The van der Waals surface area contributed by atoms with Crippen LogP contribution in [0.15, 0.2) is 52.2 Å². The number of Topliss-reactive ketones (excluding diaryl/α,β-unsaturated/α-hetero) is 1. The Morgan fingerprint density at radius 3 is 2.41 bits per heavy atom. The summed E-state index contributed by atoms with van der Waals surface area (Å²) in [6, 6.07) is 10.9. The van der Waals surface area contributed by atoms with Gasteiger partial charge in [-0.15, -0.1) is 0 Å². The molecule has 2 atom stereocenters. The highest BCUT2D eigenvalue weighted by molar-refractivity contribution is 6.01. The number of allylic oxidation sites excluding steroid dienone is 2. The number of nitrogens with one attached hydrogen (secondary N) is 1. The fourth-order valence-electron chi connectivity index (χ4n) is 5.02. The van der Waals surface area contributed by atoms with E-state index in [1.807, 2.05) is 31.2 Å². The van der Waals surface area contributed by atoms with E-state index in [0.29, 0.717) is 47.2 Å². The van der Waals surface area contributed by atoms with Crippen LogP contribution in [0.1, 0.15) is 47.1 Å². The summed E-state index contributed by atoms with van der Waals surface area (Å²) in [4.78, 5) is 13.7. The number of benzene rings is 2. The van der Waals surface area contributed by atoms with Crippen molar-refractivity contribution in [3.8, 4) is 23.0 Å². The lowest BCUT2D eigenvalue weighted by atomic mass is 9.72. The Morgan fingerprint density at radius 2 is 1.68 bits per heavy atom. The van der Waals surface area contributed by atoms with E-state index in [9.17, 15) is 9.90 Å². The quantitative estimate of drug-likeness (QED) is 0.564. The highest BCUT2D eigenvalue weighted by atomic mass is 16.5. The number of anilines is 1. The third-order valence-electron chi connectivity index (χ3n) is 6.67. The number of phenolic OH excluding ortho intramolecular Hbond substituents is 1. The van der Waals surface area contributed by atoms with E-state index in [1.165, 1.54) is 7.11 Å². The Balaban J connectivity index is 1.59. The van der Waals surface area contributed by atoms with Crippen LogP contribution in [0.2, 0.25) is 0 Å². The number of nitrogens with zero attached hydrogens (tertiary/aromatic N) is 1. The number of ether oxygens (including phenoxy) is 3. The average molecular weight is 463 g/mol. The van der Waals surface area contributed by atoms with Gasteiger partial charge in [0.15, 0.2) is 28.8 Å². The van der Waals surface area contributed by atoms with Crippen molar-refractivity contribution in [1.82, 2.24) is 5.16 Å². The molecule has 1 aromatic heterocycles. The topological polar surface area (TPSA) is 103 Å². The van der Waals surface area contributed by atoms with E-state index in [2.05, 4.69) is 10.5 Å². The lowest BCUT2D eigenvalue weighted by Gasteiger charge is -2.34. The third-order valence-corrected chi connectivity index (χ3v) is 6.67. The van der Waals surface area contributed by atoms with Crippen molar-refractivity contribution in [2.45, 2.75) is 31.6 Å². The van der Waals surface area contributed by atoms with Gasteiger partial charge in [0, 0.05) is 23.6 Å². The van der Waals surface area contributed by atoms with Crippen LogP contribution < -0.4 is 19.5 Å². The molecular formula is C26H26N2O6. The molecule has 0 bridgehead atoms. The molecule has 0 saturated carbocycles. The molecule has 2 aliphatic rings. The highest BCUT2D eigenvalue weighted by Crippen LogP contribution is 2.50. The molecule has 1 aliphatic carbocycles. The van der Waals surface area contributed by atoms with Crippen LogP contribution in [0.4, 0.5) is 5.88 Å². The molecule has 2 heterocycles. The molecular weight excluding hydrogens is 436 g/mol. The third kappa shape index (κ3) is 3.46. The predicted octanol–water partition coefficient (Wildman–Crippen LogP) is 4.67. The molecule has 0 saturated heterocycles. The number of methoxy groups -OCH3 is 3. The van der Waals surface area contributed by atoms with Gasteiger partial charge < -0.3 is 29.2 Å². The maximum atomic E-state index is 13.7. The smallest absolute Gasteiger partial charge is 0.233 e. The molecule has 176 valence electrons. The van der Waals surface area contributed by atoms with Crippen LogP contribution in [0.3, 0.4) is 0 Å². The van der Waals surface area contributed by atoms with Crippen molar-refractivity contribution < 1.29 is 28.6 Å². The van der Waals surface area contributed by atoms with Crippen LogP contribution in [-0.2, 0) is 4.79 Å². The van der Waals surface area contributed by atoms with Crippen molar-refractivity contribution in [3.63, 3.8) is 0 Å². The number of rotatable bonds is 5. The van der Waals surface area contributed by atoms with Gasteiger partial charge in [-0.25, -0.2) is 0 Å². The van der Waals surface area contributed by atoms with Crippen LogP contribution >= 0.6 is 0 Å². The first kappa shape index (κ1) is 21.9. The van der Waals surface area contributed by atoms with Gasteiger partial charge in [0.05, 0.1) is 32.6 Å². The largest absolute Gasteiger partial charge is 0.504 e. The zero-order valence-corrected chi connectivity index (χ0v) is 19.5. The fraction of sp³-hybridized carbons (Fsp3) is 0.308. The van der Waals surface area contributed by atoms with Gasteiger partial charge in [0.25, 0.3) is 0 Å². The maximum absolute atomic E-state index is 13.7. The summed E-state index contributed by atoms with van der Waals surface area (Å²) >= 11 is 0. The summed E-state index contributed by atoms with van der Waals surface area (Å²) in [5.74, 6) is 1.86. The van der Waals surface area contributed by atoms with Crippen LogP contribution in [-0.4, -0.2) is 37.4 Å². The molecule has 0 fully saturated rings. The van der Waals surface area contributed by atoms with E-state index < -0.39 is 0 Å². The first-order chi connectivity index (χ1) is 16.4. The number of ketones is 1. The SMILES string of the molecule is COc1cc([C@H]2C3=C(C[C@@H](c4ccc(OC)c(OC)c4)CC3=O)Nc3onc(C)c32)ccc1O. The Morgan fingerprint density at radius 1 is 0.971 bits per heavy atom. The lowest BCUT2D eigenvalue weighted by molar-refractivity contribution is -0.116. The summed E-state index contributed by atoms with van der Waals surface area (Å²) in [6.45, 7) is 1.86. The predicted molar refractivity (Wildman–Crippen MR) is 125 cm³/mol. The van der Waals surface area contributed by atoms with E-state index in [-0.39, 0.29) is 23.4 Å². The number of fused-ring (bicyclic) bond motifs is 1. The molecule has 0 radical (unpaired) electrons. The van der Waals surface area contributed by atoms with Crippen LogP contribution in [0.25, 0.3) is 0 Å². The second kappa shape index (κ2) is 8.44. The first-order valence-corrected chi connectivity index (χ1v) is 11.0. The van der Waals surface area contributed by atoms with Gasteiger partial charge in [-0.1, -0.05) is 17.3 Å². The number of phenols is 1. The van der Waals surface area contributed by atoms with E-state index in [4.69, 9.17) is 18.7 Å². The van der Waals surface area contributed by atoms with Gasteiger partial charge in [0.2, 0.25) is 5.88 Å². The Bertz CT molecular complexity index is 1310. The highest BCUT2D eigenvalue weighted by Gasteiger charge is 2.41. The van der Waals surface area contributed by atoms with Crippen molar-refractivity contribution in [2.75, 3.05) is 26.6 Å². The minimum atomic E-state index is -0.370. The Kier molecular flexibility index (Phi) is 5.43. The lowest BCUT2D eigenvalue weighted by Crippen LogP contribution is -2.29. The first-order valence-electron chi connectivity index (χ1n) is 11.0. The summed E-state index contributed by atoms with van der Waals surface area (Å²) < 4.78 is 21.7. The van der Waals surface area contributed by atoms with Crippen molar-refractivity contribution in [3.05, 3.63) is 70.1 Å². The number of aryl methyl sites for hydroxylation is 1. The van der Waals surface area contributed by atoms with Gasteiger partial charge in [-0.3, -0.25) is 4.79 Å². The molecule has 5 rings (SSSR count). The number of aromatic nitrogens is 1. The zero-order chi connectivity index (χ0) is 24.0. The van der Waals surface area contributed by atoms with E-state index >= 15 is 0 Å². The van der Waals surface area contributed by atoms with E-state index in [1.54, 1.807) is 26.4 Å². The summed E-state index contributed by atoms with van der Waals surface area (Å²) in [5.41, 5.74) is 4.88. The second-order valence-electron chi connectivity index (χ2n) is 8.54. The number of hydrogen-bond acceptors (Lipinski definition) is 8. The van der Waals surface area contributed by atoms with Gasteiger partial charge in [0.1, 0.15) is 0 Å². The fourth-order valence-corrected chi connectivity index (χ4v) is 5.02. The Hall–Kier alpha value is -3.94. The number of aromatic hydroxyl groups is 1. The molecule has 0 amide bonds. The van der Waals surface area contributed by atoms with Gasteiger partial charge in [-0.05, 0) is 54.7 Å². The molecule has 0 spiro atoms. The van der Waals surface area contributed by atoms with Crippen LogP contribution in [0.5, 0.6) is 23.0 Å². The van der Waals surface area contributed by atoms with Crippen molar-refractivity contribution in [2.24, 2.45) is 0 Å². The van der Waals surface area contributed by atoms with E-state index in [0.717, 1.165) is 22.4 Å². The minimum absolute atomic E-state index is 0.0286. The minimum Gasteiger partial charge on any atom is -0.504 e.